The number of ether oxygens (including phenoxy) is 3. The number of morpholine rings is 1. The van der Waals surface area contributed by atoms with Gasteiger partial charge in [0.2, 0.25) is 10.0 Å². The van der Waals surface area contributed by atoms with Gasteiger partial charge in [0.15, 0.2) is 6.61 Å². The van der Waals surface area contributed by atoms with Gasteiger partial charge in [0.1, 0.15) is 5.75 Å². The fourth-order valence-corrected chi connectivity index (χ4v) is 5.59. The Bertz CT molecular complexity index is 1180. The molecule has 1 saturated carbocycles. The van der Waals surface area contributed by atoms with Crippen LogP contribution in [0.5, 0.6) is 5.75 Å². The van der Waals surface area contributed by atoms with Gasteiger partial charge in [-0.25, -0.2) is 8.42 Å². The summed E-state index contributed by atoms with van der Waals surface area (Å²) in [5.74, 6) is -0.125. The number of carbonyl (C=O) groups is 2. The van der Waals surface area contributed by atoms with Gasteiger partial charge >= 0.3 is 5.97 Å². The molecule has 0 atom stereocenters. The molecule has 1 aliphatic carbocycles. The molecular weight excluding hydrogens is 472 g/mol. The summed E-state index contributed by atoms with van der Waals surface area (Å²) >= 11 is 0. The highest BCUT2D eigenvalue weighted by Crippen LogP contribution is 2.49. The minimum atomic E-state index is -3.60. The Balaban J connectivity index is 1.33. The van der Waals surface area contributed by atoms with Gasteiger partial charge in [0.25, 0.3) is 5.91 Å². The van der Waals surface area contributed by atoms with E-state index >= 15 is 0 Å². The standard InChI is InChI=1S/C25H30N2O7S/c1-3-33-24(29)25(10-11-25)19-4-6-20(7-5-19)26-23(28)17-34-22-9-8-21(16-18(22)2)35(30,31)27-12-14-32-15-13-27/h4-9,16H,3,10-15,17H2,1-2H3,(H,26,28). The number of nitrogens with one attached hydrogen (secondary N) is 1. The van der Waals surface area contributed by atoms with Crippen molar-refractivity contribution in [3.05, 3.63) is 53.6 Å². The molecule has 9 nitrogen and oxygen atoms in total. The molecule has 1 N–H and O–H groups in total. The van der Waals surface area contributed by atoms with Gasteiger partial charge in [-0.1, -0.05) is 12.1 Å². The highest BCUT2D eigenvalue weighted by Gasteiger charge is 2.52. The van der Waals surface area contributed by atoms with Crippen molar-refractivity contribution in [2.75, 3.05) is 44.8 Å². The molecule has 10 heteroatoms. The molecule has 0 bridgehead atoms. The molecule has 4 rings (SSSR count). The van der Waals surface area contributed by atoms with Crippen LogP contribution in [-0.2, 0) is 34.5 Å². The predicted octanol–water partition coefficient (Wildman–Crippen LogP) is 2.63. The molecule has 35 heavy (non-hydrogen) atoms. The highest BCUT2D eigenvalue weighted by molar-refractivity contribution is 7.89. The van der Waals surface area contributed by atoms with Gasteiger partial charge in [0.05, 0.1) is 30.1 Å². The number of hydrogen-bond donors (Lipinski definition) is 1. The van der Waals surface area contributed by atoms with Crippen LogP contribution >= 0.6 is 0 Å². The SMILES string of the molecule is CCOC(=O)C1(c2ccc(NC(=O)COc3ccc(S(=O)(=O)N4CCOCC4)cc3C)cc2)CC1. The number of amides is 1. The summed E-state index contributed by atoms with van der Waals surface area (Å²) in [4.78, 5) is 24.8. The van der Waals surface area contributed by atoms with Gasteiger partial charge in [-0.2, -0.15) is 4.31 Å². The van der Waals surface area contributed by atoms with E-state index in [9.17, 15) is 18.0 Å². The highest BCUT2D eigenvalue weighted by atomic mass is 32.2. The van der Waals surface area contributed by atoms with E-state index in [-0.39, 0.29) is 23.4 Å². The third-order valence-electron chi connectivity index (χ3n) is 6.25. The van der Waals surface area contributed by atoms with E-state index in [4.69, 9.17) is 14.2 Å². The molecular formula is C25H30N2O7S. The van der Waals surface area contributed by atoms with Crippen LogP contribution in [0.4, 0.5) is 5.69 Å². The fraction of sp³-hybridized carbons (Fsp3) is 0.440. The summed E-state index contributed by atoms with van der Waals surface area (Å²) in [5, 5.41) is 2.77. The van der Waals surface area contributed by atoms with Crippen molar-refractivity contribution in [3.63, 3.8) is 0 Å². The van der Waals surface area contributed by atoms with Crippen molar-refractivity contribution in [1.29, 1.82) is 0 Å². The average molecular weight is 503 g/mol. The van der Waals surface area contributed by atoms with Gasteiger partial charge in [-0.05, 0) is 68.1 Å². The minimum absolute atomic E-state index is 0.185. The molecule has 0 spiro atoms. The smallest absolute Gasteiger partial charge is 0.316 e. The normalized spacial score (nSPS) is 17.4. The maximum absolute atomic E-state index is 12.8. The number of aryl methyl sites for hydroxylation is 1. The van der Waals surface area contributed by atoms with Crippen LogP contribution in [0.1, 0.15) is 30.9 Å². The van der Waals surface area contributed by atoms with Crippen LogP contribution in [0.3, 0.4) is 0 Å². The van der Waals surface area contributed by atoms with E-state index in [1.54, 1.807) is 38.1 Å². The van der Waals surface area contributed by atoms with Crippen molar-refractivity contribution < 1.29 is 32.2 Å². The Morgan fingerprint density at radius 3 is 2.37 bits per heavy atom. The number of nitrogens with zero attached hydrogens (tertiary/aromatic N) is 1. The maximum atomic E-state index is 12.8. The first kappa shape index (κ1) is 25.2. The maximum Gasteiger partial charge on any atom is 0.316 e. The van der Waals surface area contributed by atoms with Crippen LogP contribution in [0.25, 0.3) is 0 Å². The number of hydrogen-bond acceptors (Lipinski definition) is 7. The molecule has 2 aromatic rings. The quantitative estimate of drug-likeness (QED) is 0.525. The summed E-state index contributed by atoms with van der Waals surface area (Å²) in [6.07, 6.45) is 1.52. The zero-order chi connectivity index (χ0) is 25.1. The molecule has 188 valence electrons. The predicted molar refractivity (Wildman–Crippen MR) is 129 cm³/mol. The third kappa shape index (κ3) is 5.50. The van der Waals surface area contributed by atoms with Crippen molar-refractivity contribution in [1.82, 2.24) is 4.31 Å². The Morgan fingerprint density at radius 1 is 1.09 bits per heavy atom. The molecule has 2 aromatic carbocycles. The molecule has 0 radical (unpaired) electrons. The minimum Gasteiger partial charge on any atom is -0.483 e. The Labute approximate surface area is 205 Å². The molecule has 0 aromatic heterocycles. The Morgan fingerprint density at radius 2 is 1.77 bits per heavy atom. The number of benzene rings is 2. The lowest BCUT2D eigenvalue weighted by Crippen LogP contribution is -2.40. The fourth-order valence-electron chi connectivity index (χ4n) is 4.10. The van der Waals surface area contributed by atoms with Crippen molar-refractivity contribution >= 4 is 27.6 Å². The number of anilines is 1. The van der Waals surface area contributed by atoms with Crippen molar-refractivity contribution in [2.24, 2.45) is 0 Å². The van der Waals surface area contributed by atoms with E-state index < -0.39 is 15.4 Å². The van der Waals surface area contributed by atoms with Crippen LogP contribution in [0, 0.1) is 6.92 Å². The number of carbonyl (C=O) groups excluding carboxylic acids is 2. The van der Waals surface area contributed by atoms with E-state index in [1.807, 2.05) is 12.1 Å². The first-order valence-electron chi connectivity index (χ1n) is 11.7. The molecule has 1 heterocycles. The van der Waals surface area contributed by atoms with Gasteiger partial charge in [-0.15, -0.1) is 0 Å². The molecule has 1 saturated heterocycles. The molecule has 2 fully saturated rings. The molecule has 2 aliphatic rings. The average Bonchev–Trinajstić information content (AvgIpc) is 3.67. The summed E-state index contributed by atoms with van der Waals surface area (Å²) < 4.78 is 43.1. The zero-order valence-electron chi connectivity index (χ0n) is 19.9. The summed E-state index contributed by atoms with van der Waals surface area (Å²) in [5.41, 5.74) is 1.53. The lowest BCUT2D eigenvalue weighted by atomic mass is 9.96. The Kier molecular flexibility index (Phi) is 7.44. The lowest BCUT2D eigenvalue weighted by Gasteiger charge is -2.26. The van der Waals surface area contributed by atoms with Crippen molar-refractivity contribution in [2.45, 2.75) is 37.0 Å². The summed E-state index contributed by atoms with van der Waals surface area (Å²) in [6.45, 7) is 5.05. The van der Waals surface area contributed by atoms with Crippen molar-refractivity contribution in [3.8, 4) is 5.75 Å². The first-order chi connectivity index (χ1) is 16.8. The monoisotopic (exact) mass is 502 g/mol. The van der Waals surface area contributed by atoms with Crippen LogP contribution in [0.15, 0.2) is 47.4 Å². The van der Waals surface area contributed by atoms with Gasteiger partial charge in [-0.3, -0.25) is 9.59 Å². The molecule has 0 unspecified atom stereocenters. The second kappa shape index (κ2) is 10.3. The van der Waals surface area contributed by atoms with Crippen LogP contribution in [-0.4, -0.2) is 64.1 Å². The summed E-state index contributed by atoms with van der Waals surface area (Å²) in [6, 6.07) is 11.8. The van der Waals surface area contributed by atoms with Crippen LogP contribution < -0.4 is 10.1 Å². The Hall–Kier alpha value is -2.95. The number of rotatable bonds is 9. The van der Waals surface area contributed by atoms with E-state index in [0.29, 0.717) is 49.9 Å². The zero-order valence-corrected chi connectivity index (χ0v) is 20.7. The molecule has 1 amide bonds. The third-order valence-corrected chi connectivity index (χ3v) is 8.15. The second-order valence-electron chi connectivity index (χ2n) is 8.66. The van der Waals surface area contributed by atoms with E-state index in [2.05, 4.69) is 5.32 Å². The second-order valence-corrected chi connectivity index (χ2v) is 10.6. The van der Waals surface area contributed by atoms with Gasteiger partial charge in [0, 0.05) is 18.8 Å². The topological polar surface area (TPSA) is 111 Å². The lowest BCUT2D eigenvalue weighted by molar-refractivity contribution is -0.146. The van der Waals surface area contributed by atoms with E-state index in [0.717, 1.165) is 18.4 Å². The summed E-state index contributed by atoms with van der Waals surface area (Å²) in [7, 11) is -3.60. The van der Waals surface area contributed by atoms with E-state index in [1.165, 1.54) is 10.4 Å². The van der Waals surface area contributed by atoms with Gasteiger partial charge < -0.3 is 19.5 Å². The number of sulfonamides is 1. The first-order valence-corrected chi connectivity index (χ1v) is 13.1. The largest absolute Gasteiger partial charge is 0.483 e. The molecule has 1 aliphatic heterocycles. The van der Waals surface area contributed by atoms with Crippen LogP contribution in [0.2, 0.25) is 0 Å². The number of esters is 1.